The number of hydrogen-bond donors (Lipinski definition) is 2. The van der Waals surface area contributed by atoms with Crippen LogP contribution in [0.1, 0.15) is 20.8 Å². The van der Waals surface area contributed by atoms with Gasteiger partial charge in [-0.15, -0.1) is 0 Å². The summed E-state index contributed by atoms with van der Waals surface area (Å²) in [7, 11) is 2.91. The zero-order chi connectivity index (χ0) is 17.4. The van der Waals surface area contributed by atoms with Crippen molar-refractivity contribution in [1.29, 1.82) is 0 Å². The lowest BCUT2D eigenvalue weighted by Crippen LogP contribution is -2.17. The van der Waals surface area contributed by atoms with Gasteiger partial charge in [-0.1, -0.05) is 12.1 Å². The van der Waals surface area contributed by atoms with E-state index in [2.05, 4.69) is 15.6 Å². The monoisotopic (exact) mass is 329 g/mol. The molecule has 0 atom stereocenters. The molecule has 0 spiro atoms. The van der Waals surface area contributed by atoms with Crippen LogP contribution in [-0.2, 0) is 9.47 Å². The highest BCUT2D eigenvalue weighted by Gasteiger charge is 2.15. The van der Waals surface area contributed by atoms with Crippen LogP contribution in [0.2, 0.25) is 0 Å². The summed E-state index contributed by atoms with van der Waals surface area (Å²) >= 11 is 0. The van der Waals surface area contributed by atoms with Gasteiger partial charge in [0.2, 0.25) is 0 Å². The van der Waals surface area contributed by atoms with Crippen molar-refractivity contribution in [3.8, 4) is 0 Å². The molecule has 0 radical (unpaired) electrons. The third kappa shape index (κ3) is 4.53. The molecule has 0 unspecified atom stereocenters. The number of aromatic nitrogens is 1. The number of nitrogens with zero attached hydrogens (tertiary/aromatic N) is 1. The van der Waals surface area contributed by atoms with Crippen LogP contribution in [0.4, 0.5) is 11.4 Å². The van der Waals surface area contributed by atoms with Crippen molar-refractivity contribution >= 4 is 23.3 Å². The number of pyridine rings is 1. The van der Waals surface area contributed by atoms with E-state index < -0.39 is 11.9 Å². The Hall–Kier alpha value is -2.93. The summed E-state index contributed by atoms with van der Waals surface area (Å²) in [4.78, 5) is 28.2. The van der Waals surface area contributed by atoms with Crippen molar-refractivity contribution in [3.05, 3.63) is 53.9 Å². The number of nitrogens with one attached hydrogen (secondary N) is 2. The third-order valence-electron chi connectivity index (χ3n) is 3.21. The molecule has 0 bridgehead atoms. The summed E-state index contributed by atoms with van der Waals surface area (Å²) in [6.07, 6.45) is 1.54. The fourth-order valence-electron chi connectivity index (χ4n) is 2.03. The smallest absolute Gasteiger partial charge is 0.339 e. The van der Waals surface area contributed by atoms with Gasteiger partial charge in [0.15, 0.2) is 0 Å². The number of esters is 1. The molecule has 1 amide bonds. The fraction of sp³-hybridized carbons (Fsp3) is 0.235. The van der Waals surface area contributed by atoms with E-state index in [9.17, 15) is 9.59 Å². The minimum Gasteiger partial charge on any atom is -0.465 e. The molecule has 126 valence electrons. The molecular formula is C17H19N3O4. The molecule has 1 aromatic heterocycles. The van der Waals surface area contributed by atoms with Crippen LogP contribution >= 0.6 is 0 Å². The minimum absolute atomic E-state index is 0.233. The van der Waals surface area contributed by atoms with Gasteiger partial charge in [0.05, 0.1) is 25.0 Å². The third-order valence-corrected chi connectivity index (χ3v) is 3.21. The van der Waals surface area contributed by atoms with Gasteiger partial charge < -0.3 is 20.1 Å². The molecule has 1 aromatic carbocycles. The van der Waals surface area contributed by atoms with Crippen molar-refractivity contribution in [2.24, 2.45) is 0 Å². The quantitative estimate of drug-likeness (QED) is 0.598. The van der Waals surface area contributed by atoms with E-state index in [1.165, 1.54) is 13.3 Å². The summed E-state index contributed by atoms with van der Waals surface area (Å²) in [5.74, 6) is -0.935. The van der Waals surface area contributed by atoms with Gasteiger partial charge in [0.1, 0.15) is 5.69 Å². The first-order valence-corrected chi connectivity index (χ1v) is 7.33. The van der Waals surface area contributed by atoms with Crippen LogP contribution in [0.15, 0.2) is 42.6 Å². The number of ether oxygens (including phenoxy) is 2. The van der Waals surface area contributed by atoms with E-state index in [1.54, 1.807) is 43.5 Å². The van der Waals surface area contributed by atoms with E-state index >= 15 is 0 Å². The maximum atomic E-state index is 12.4. The van der Waals surface area contributed by atoms with Crippen LogP contribution in [0.3, 0.4) is 0 Å². The van der Waals surface area contributed by atoms with E-state index in [1.807, 2.05) is 0 Å². The van der Waals surface area contributed by atoms with E-state index in [4.69, 9.17) is 9.47 Å². The normalized spacial score (nSPS) is 10.1. The number of methoxy groups -OCH3 is 2. The van der Waals surface area contributed by atoms with Crippen molar-refractivity contribution in [3.63, 3.8) is 0 Å². The van der Waals surface area contributed by atoms with Crippen LogP contribution in [0, 0.1) is 0 Å². The predicted molar refractivity (Wildman–Crippen MR) is 90.3 cm³/mol. The Morgan fingerprint density at radius 1 is 1.17 bits per heavy atom. The van der Waals surface area contributed by atoms with Crippen molar-refractivity contribution < 1.29 is 19.1 Å². The first-order chi connectivity index (χ1) is 11.7. The molecule has 2 rings (SSSR count). The van der Waals surface area contributed by atoms with E-state index in [-0.39, 0.29) is 11.3 Å². The highest BCUT2D eigenvalue weighted by Crippen LogP contribution is 2.17. The molecule has 24 heavy (non-hydrogen) atoms. The van der Waals surface area contributed by atoms with Crippen molar-refractivity contribution in [2.45, 2.75) is 0 Å². The lowest BCUT2D eigenvalue weighted by molar-refractivity contribution is 0.0602. The largest absolute Gasteiger partial charge is 0.465 e. The molecule has 1 heterocycles. The van der Waals surface area contributed by atoms with Gasteiger partial charge in [0, 0.05) is 25.5 Å². The summed E-state index contributed by atoms with van der Waals surface area (Å²) in [5.41, 5.74) is 1.64. The Morgan fingerprint density at radius 3 is 2.71 bits per heavy atom. The first kappa shape index (κ1) is 17.4. The number of carbonyl (C=O) groups is 2. The average molecular weight is 329 g/mol. The molecule has 7 heteroatoms. The summed E-state index contributed by atoms with van der Waals surface area (Å²) in [6.45, 7) is 1.17. The van der Waals surface area contributed by atoms with E-state index in [0.717, 1.165) is 5.69 Å². The van der Waals surface area contributed by atoms with E-state index in [0.29, 0.717) is 18.8 Å². The van der Waals surface area contributed by atoms with Crippen molar-refractivity contribution in [1.82, 2.24) is 4.98 Å². The zero-order valence-electron chi connectivity index (χ0n) is 13.5. The van der Waals surface area contributed by atoms with Gasteiger partial charge in [-0.3, -0.25) is 9.78 Å². The number of benzene rings is 1. The molecule has 0 saturated heterocycles. The highest BCUT2D eigenvalue weighted by molar-refractivity contribution is 6.07. The number of hydrogen-bond acceptors (Lipinski definition) is 6. The van der Waals surface area contributed by atoms with Crippen LogP contribution in [-0.4, -0.2) is 44.2 Å². The highest BCUT2D eigenvalue weighted by atomic mass is 16.5. The predicted octanol–water partition coefficient (Wildman–Crippen LogP) is 2.18. The fourth-order valence-corrected chi connectivity index (χ4v) is 2.03. The second kappa shape index (κ2) is 8.64. The van der Waals surface area contributed by atoms with Gasteiger partial charge in [0.25, 0.3) is 5.91 Å². The molecule has 2 N–H and O–H groups in total. The molecule has 0 aliphatic rings. The first-order valence-electron chi connectivity index (χ1n) is 7.33. The number of amides is 1. The standard InChI is InChI=1S/C17H19N3O4/c1-23-10-9-18-12-7-8-19-15(11-12)16(21)20-14-6-4-3-5-13(14)17(22)24-2/h3-8,11H,9-10H2,1-2H3,(H,18,19)(H,20,21). The average Bonchev–Trinajstić information content (AvgIpc) is 2.62. The van der Waals surface area contributed by atoms with Crippen LogP contribution < -0.4 is 10.6 Å². The van der Waals surface area contributed by atoms with Crippen LogP contribution in [0.5, 0.6) is 0 Å². The lowest BCUT2D eigenvalue weighted by Gasteiger charge is -2.10. The maximum absolute atomic E-state index is 12.4. The number of carbonyl (C=O) groups excluding carboxylic acids is 2. The summed E-state index contributed by atoms with van der Waals surface area (Å²) in [6, 6.07) is 10.0. The topological polar surface area (TPSA) is 89.5 Å². The number of para-hydroxylation sites is 1. The molecule has 0 aliphatic heterocycles. The molecule has 0 aliphatic carbocycles. The second-order valence-electron chi connectivity index (χ2n) is 4.84. The van der Waals surface area contributed by atoms with Gasteiger partial charge in [-0.2, -0.15) is 0 Å². The molecule has 0 fully saturated rings. The number of anilines is 2. The molecular weight excluding hydrogens is 310 g/mol. The maximum Gasteiger partial charge on any atom is 0.339 e. The van der Waals surface area contributed by atoms with Gasteiger partial charge in [-0.05, 0) is 24.3 Å². The molecule has 2 aromatic rings. The minimum atomic E-state index is -0.520. The Bertz CT molecular complexity index is 718. The summed E-state index contributed by atoms with van der Waals surface area (Å²) < 4.78 is 9.68. The second-order valence-corrected chi connectivity index (χ2v) is 4.84. The zero-order valence-corrected chi connectivity index (χ0v) is 13.5. The number of rotatable bonds is 7. The molecule has 7 nitrogen and oxygen atoms in total. The molecule has 0 saturated carbocycles. The Kier molecular flexibility index (Phi) is 6.27. The summed E-state index contributed by atoms with van der Waals surface area (Å²) in [5, 5.41) is 5.81. The van der Waals surface area contributed by atoms with Gasteiger partial charge >= 0.3 is 5.97 Å². The Balaban J connectivity index is 2.13. The van der Waals surface area contributed by atoms with Crippen molar-refractivity contribution in [2.75, 3.05) is 38.0 Å². The van der Waals surface area contributed by atoms with Crippen LogP contribution in [0.25, 0.3) is 0 Å². The Labute approximate surface area is 140 Å². The SMILES string of the molecule is COCCNc1ccnc(C(=O)Nc2ccccc2C(=O)OC)c1. The van der Waals surface area contributed by atoms with Gasteiger partial charge in [-0.25, -0.2) is 4.79 Å². The Morgan fingerprint density at radius 2 is 1.96 bits per heavy atom. The lowest BCUT2D eigenvalue weighted by atomic mass is 10.1.